The summed E-state index contributed by atoms with van der Waals surface area (Å²) in [5.74, 6) is 1.13. The first-order chi connectivity index (χ1) is 11.5. The Morgan fingerprint density at radius 1 is 0.875 bits per heavy atom. The van der Waals surface area contributed by atoms with Crippen LogP contribution in [0.1, 0.15) is 22.3 Å². The van der Waals surface area contributed by atoms with Gasteiger partial charge in [-0.05, 0) is 68.1 Å². The minimum absolute atomic E-state index is 0.468. The molecule has 0 radical (unpaired) electrons. The van der Waals surface area contributed by atoms with Gasteiger partial charge in [0.2, 0.25) is 5.95 Å². The van der Waals surface area contributed by atoms with Gasteiger partial charge < -0.3 is 10.6 Å². The fraction of sp³-hybridized carbons (Fsp3) is 0.211. The van der Waals surface area contributed by atoms with Crippen molar-refractivity contribution in [2.75, 3.05) is 10.6 Å². The van der Waals surface area contributed by atoms with E-state index >= 15 is 0 Å². The number of hydrogen-bond acceptors (Lipinski definition) is 5. The van der Waals surface area contributed by atoms with Crippen LogP contribution in [0.5, 0.6) is 0 Å². The van der Waals surface area contributed by atoms with E-state index in [0.717, 1.165) is 11.4 Å². The van der Waals surface area contributed by atoms with Gasteiger partial charge in [-0.1, -0.05) is 18.2 Å². The van der Waals surface area contributed by atoms with Crippen molar-refractivity contribution in [3.05, 3.63) is 64.8 Å². The Labute approximate surface area is 142 Å². The number of nitrogens with zero attached hydrogens (tertiary/aromatic N) is 3. The highest BCUT2D eigenvalue weighted by atomic mass is 15.3. The largest absolute Gasteiger partial charge is 0.339 e. The second-order valence-corrected chi connectivity index (χ2v) is 6.04. The van der Waals surface area contributed by atoms with Gasteiger partial charge >= 0.3 is 0 Å². The van der Waals surface area contributed by atoms with E-state index < -0.39 is 0 Å². The van der Waals surface area contributed by atoms with Crippen molar-refractivity contribution in [2.24, 2.45) is 0 Å². The molecular weight excluding hydrogens is 298 g/mol. The van der Waals surface area contributed by atoms with Crippen LogP contribution in [0.15, 0.2) is 42.6 Å². The van der Waals surface area contributed by atoms with E-state index in [1.165, 1.54) is 22.3 Å². The molecule has 0 atom stereocenters. The Morgan fingerprint density at radius 3 is 2.38 bits per heavy atom. The molecular formula is C19H21N5. The summed E-state index contributed by atoms with van der Waals surface area (Å²) in [6, 6.07) is 12.4. The second-order valence-electron chi connectivity index (χ2n) is 6.04. The van der Waals surface area contributed by atoms with Crippen molar-refractivity contribution in [1.82, 2.24) is 15.2 Å². The number of rotatable bonds is 4. The van der Waals surface area contributed by atoms with Crippen LogP contribution in [-0.4, -0.2) is 15.2 Å². The third-order valence-electron chi connectivity index (χ3n) is 3.90. The maximum absolute atomic E-state index is 4.50. The van der Waals surface area contributed by atoms with E-state index in [9.17, 15) is 0 Å². The number of anilines is 4. The summed E-state index contributed by atoms with van der Waals surface area (Å²) < 4.78 is 0. The number of aryl methyl sites for hydroxylation is 3. The minimum atomic E-state index is 0.468. The monoisotopic (exact) mass is 319 g/mol. The van der Waals surface area contributed by atoms with Crippen LogP contribution in [-0.2, 0) is 0 Å². The van der Waals surface area contributed by atoms with Gasteiger partial charge in [0.15, 0.2) is 5.82 Å². The Bertz CT molecular complexity index is 853. The van der Waals surface area contributed by atoms with Crippen molar-refractivity contribution in [2.45, 2.75) is 27.7 Å². The van der Waals surface area contributed by atoms with Gasteiger partial charge in [-0.15, -0.1) is 5.10 Å². The van der Waals surface area contributed by atoms with E-state index in [1.807, 2.05) is 12.1 Å². The van der Waals surface area contributed by atoms with Crippen LogP contribution >= 0.6 is 0 Å². The Kier molecular flexibility index (Phi) is 4.42. The third kappa shape index (κ3) is 3.68. The topological polar surface area (TPSA) is 62.7 Å². The van der Waals surface area contributed by atoms with Crippen LogP contribution < -0.4 is 10.6 Å². The van der Waals surface area contributed by atoms with Crippen molar-refractivity contribution < 1.29 is 0 Å². The molecule has 5 nitrogen and oxygen atoms in total. The predicted molar refractivity (Wildman–Crippen MR) is 98.2 cm³/mol. The highest BCUT2D eigenvalue weighted by Gasteiger charge is 2.05. The highest BCUT2D eigenvalue weighted by molar-refractivity contribution is 5.63. The SMILES string of the molecule is Cc1cc(C)cc(Nc2nncc(Nc3cccc(C)c3C)n2)c1. The van der Waals surface area contributed by atoms with Gasteiger partial charge in [-0.3, -0.25) is 0 Å². The molecule has 122 valence electrons. The Hall–Kier alpha value is -2.95. The van der Waals surface area contributed by atoms with Crippen LogP contribution in [0.4, 0.5) is 23.1 Å². The van der Waals surface area contributed by atoms with E-state index in [2.05, 4.69) is 77.8 Å². The molecule has 0 fully saturated rings. The van der Waals surface area contributed by atoms with Gasteiger partial charge in [-0.2, -0.15) is 10.1 Å². The molecule has 5 heteroatoms. The first-order valence-electron chi connectivity index (χ1n) is 7.89. The van der Waals surface area contributed by atoms with Crippen LogP contribution in [0.2, 0.25) is 0 Å². The maximum Gasteiger partial charge on any atom is 0.249 e. The molecule has 0 aliphatic rings. The number of benzene rings is 2. The normalized spacial score (nSPS) is 10.5. The number of nitrogens with one attached hydrogen (secondary N) is 2. The number of hydrogen-bond donors (Lipinski definition) is 2. The zero-order valence-electron chi connectivity index (χ0n) is 14.4. The molecule has 1 aromatic heterocycles. The van der Waals surface area contributed by atoms with E-state index in [1.54, 1.807) is 6.20 Å². The summed E-state index contributed by atoms with van der Waals surface area (Å²) in [6.07, 6.45) is 1.62. The quantitative estimate of drug-likeness (QED) is 0.736. The second kappa shape index (κ2) is 6.66. The van der Waals surface area contributed by atoms with Gasteiger partial charge in [0.25, 0.3) is 0 Å². The molecule has 0 bridgehead atoms. The van der Waals surface area contributed by atoms with E-state index in [4.69, 9.17) is 0 Å². The lowest BCUT2D eigenvalue weighted by molar-refractivity contribution is 0.982. The summed E-state index contributed by atoms with van der Waals surface area (Å²) in [5, 5.41) is 14.6. The maximum atomic E-state index is 4.50. The summed E-state index contributed by atoms with van der Waals surface area (Å²) in [7, 11) is 0. The smallest absolute Gasteiger partial charge is 0.249 e. The molecule has 0 amide bonds. The lowest BCUT2D eigenvalue weighted by Gasteiger charge is -2.11. The van der Waals surface area contributed by atoms with Gasteiger partial charge in [0, 0.05) is 11.4 Å². The molecule has 2 aromatic carbocycles. The standard InChI is InChI=1S/C19H21N5/c1-12-8-13(2)10-16(9-12)21-19-23-18(11-20-24-19)22-17-7-5-6-14(3)15(17)4/h5-11H,1-4H3,(H2,21,22,23,24). The summed E-state index contributed by atoms with van der Waals surface area (Å²) >= 11 is 0. The van der Waals surface area contributed by atoms with Crippen LogP contribution in [0, 0.1) is 27.7 Å². The lowest BCUT2D eigenvalue weighted by Crippen LogP contribution is -2.03. The lowest BCUT2D eigenvalue weighted by atomic mass is 10.1. The Morgan fingerprint density at radius 2 is 1.62 bits per heavy atom. The molecule has 0 aliphatic heterocycles. The average Bonchev–Trinajstić information content (AvgIpc) is 2.51. The van der Waals surface area contributed by atoms with Gasteiger partial charge in [0.05, 0.1) is 6.20 Å². The van der Waals surface area contributed by atoms with Gasteiger partial charge in [-0.25, -0.2) is 0 Å². The molecule has 1 heterocycles. The van der Waals surface area contributed by atoms with Crippen LogP contribution in [0.3, 0.4) is 0 Å². The first-order valence-corrected chi connectivity index (χ1v) is 7.89. The Balaban J connectivity index is 1.82. The molecule has 0 aliphatic carbocycles. The summed E-state index contributed by atoms with van der Waals surface area (Å²) in [6.45, 7) is 8.30. The first kappa shape index (κ1) is 15.9. The molecule has 0 unspecified atom stereocenters. The fourth-order valence-corrected chi connectivity index (χ4v) is 2.62. The summed E-state index contributed by atoms with van der Waals surface area (Å²) in [4.78, 5) is 4.50. The minimum Gasteiger partial charge on any atom is -0.339 e. The molecule has 2 N–H and O–H groups in total. The molecule has 3 aromatic rings. The molecule has 0 spiro atoms. The highest BCUT2D eigenvalue weighted by Crippen LogP contribution is 2.22. The molecule has 24 heavy (non-hydrogen) atoms. The van der Waals surface area contributed by atoms with E-state index in [0.29, 0.717) is 11.8 Å². The van der Waals surface area contributed by atoms with Gasteiger partial charge in [0.1, 0.15) is 0 Å². The third-order valence-corrected chi connectivity index (χ3v) is 3.90. The summed E-state index contributed by atoms with van der Waals surface area (Å²) in [5.41, 5.74) is 6.78. The fourth-order valence-electron chi connectivity index (χ4n) is 2.62. The molecule has 0 saturated carbocycles. The molecule has 0 saturated heterocycles. The number of aromatic nitrogens is 3. The van der Waals surface area contributed by atoms with Crippen molar-refractivity contribution in [1.29, 1.82) is 0 Å². The predicted octanol–water partition coefficient (Wildman–Crippen LogP) is 4.59. The van der Waals surface area contributed by atoms with Crippen molar-refractivity contribution in [3.63, 3.8) is 0 Å². The molecule has 3 rings (SSSR count). The van der Waals surface area contributed by atoms with Crippen LogP contribution in [0.25, 0.3) is 0 Å². The average molecular weight is 319 g/mol. The van der Waals surface area contributed by atoms with E-state index in [-0.39, 0.29) is 0 Å². The van der Waals surface area contributed by atoms with Crippen molar-refractivity contribution >= 4 is 23.1 Å². The zero-order valence-corrected chi connectivity index (χ0v) is 14.4. The zero-order chi connectivity index (χ0) is 17.1. The van der Waals surface area contributed by atoms with Crippen molar-refractivity contribution in [3.8, 4) is 0 Å².